The molecule has 1 aromatic carbocycles. The molecule has 0 bridgehead atoms. The van der Waals surface area contributed by atoms with Crippen molar-refractivity contribution in [1.29, 1.82) is 0 Å². The van der Waals surface area contributed by atoms with Gasteiger partial charge in [-0.1, -0.05) is 0 Å². The van der Waals surface area contributed by atoms with Gasteiger partial charge in [0.1, 0.15) is 11.5 Å². The van der Waals surface area contributed by atoms with Crippen molar-refractivity contribution >= 4 is 5.95 Å². The Morgan fingerprint density at radius 2 is 1.97 bits per heavy atom. The van der Waals surface area contributed by atoms with Gasteiger partial charge in [0, 0.05) is 51.1 Å². The largest absolute Gasteiger partial charge is 0.497 e. The summed E-state index contributed by atoms with van der Waals surface area (Å²) in [5, 5.41) is 0. The van der Waals surface area contributed by atoms with Crippen LogP contribution in [-0.4, -0.2) is 74.6 Å². The van der Waals surface area contributed by atoms with Crippen LogP contribution in [0.15, 0.2) is 30.5 Å². The molecular formula is C23H32N4O4. The van der Waals surface area contributed by atoms with E-state index < -0.39 is 0 Å². The lowest BCUT2D eigenvalue weighted by atomic mass is 10.1. The van der Waals surface area contributed by atoms with E-state index in [9.17, 15) is 0 Å². The fraction of sp³-hybridized carbons (Fsp3) is 0.565. The molecule has 8 heteroatoms. The van der Waals surface area contributed by atoms with Gasteiger partial charge in [-0.3, -0.25) is 4.90 Å². The van der Waals surface area contributed by atoms with Crippen molar-refractivity contribution in [3.8, 4) is 11.5 Å². The van der Waals surface area contributed by atoms with Crippen LogP contribution in [0.5, 0.6) is 11.5 Å². The predicted octanol–water partition coefficient (Wildman–Crippen LogP) is 2.51. The summed E-state index contributed by atoms with van der Waals surface area (Å²) in [7, 11) is 3.39. The number of rotatable bonds is 9. The maximum absolute atomic E-state index is 5.93. The lowest BCUT2D eigenvalue weighted by Crippen LogP contribution is -2.37. The maximum Gasteiger partial charge on any atom is 0.225 e. The Kier molecular flexibility index (Phi) is 7.56. The molecule has 0 N–H and O–H groups in total. The van der Waals surface area contributed by atoms with Gasteiger partial charge in [0.05, 0.1) is 39.2 Å². The molecule has 1 aromatic heterocycles. The standard InChI is InChI=1S/C23H32N4O4/c1-28-20-5-6-22(29-2)18(14-20)15-26(17-21-4-3-11-31-21)16-19-7-8-24-23(25-19)27-9-12-30-13-10-27/h5-8,14,21H,3-4,9-13,15-17H2,1-2H3/t21-/m0/s1. The number of nitrogens with zero attached hydrogens (tertiary/aromatic N) is 4. The van der Waals surface area contributed by atoms with E-state index in [2.05, 4.69) is 14.8 Å². The Bertz CT molecular complexity index is 838. The van der Waals surface area contributed by atoms with E-state index in [1.807, 2.05) is 30.5 Å². The predicted molar refractivity (Wildman–Crippen MR) is 118 cm³/mol. The van der Waals surface area contributed by atoms with Crippen LogP contribution in [0, 0.1) is 0 Å². The van der Waals surface area contributed by atoms with Crippen LogP contribution in [0.25, 0.3) is 0 Å². The van der Waals surface area contributed by atoms with E-state index >= 15 is 0 Å². The maximum atomic E-state index is 5.93. The van der Waals surface area contributed by atoms with Gasteiger partial charge in [-0.05, 0) is 37.1 Å². The number of ether oxygens (including phenoxy) is 4. The first kappa shape index (κ1) is 21.8. The van der Waals surface area contributed by atoms with Gasteiger partial charge in [-0.25, -0.2) is 9.97 Å². The van der Waals surface area contributed by atoms with E-state index in [4.69, 9.17) is 23.9 Å². The SMILES string of the molecule is COc1ccc(OC)c(CN(Cc2ccnc(N3CCOCC3)n2)C[C@@H]2CCCO2)c1. The molecule has 168 valence electrons. The summed E-state index contributed by atoms with van der Waals surface area (Å²) in [4.78, 5) is 13.9. The molecule has 0 saturated carbocycles. The van der Waals surface area contributed by atoms with Crippen LogP contribution >= 0.6 is 0 Å². The number of morpholine rings is 1. The Balaban J connectivity index is 1.53. The third kappa shape index (κ3) is 5.84. The number of anilines is 1. The number of benzene rings is 1. The quantitative estimate of drug-likeness (QED) is 0.604. The molecule has 31 heavy (non-hydrogen) atoms. The normalized spacial score (nSPS) is 19.1. The van der Waals surface area contributed by atoms with Gasteiger partial charge < -0.3 is 23.8 Å². The van der Waals surface area contributed by atoms with Crippen molar-refractivity contribution in [2.45, 2.75) is 32.0 Å². The fourth-order valence-corrected chi connectivity index (χ4v) is 4.13. The van der Waals surface area contributed by atoms with Crippen LogP contribution in [0.1, 0.15) is 24.1 Å². The zero-order valence-electron chi connectivity index (χ0n) is 18.5. The molecule has 0 unspecified atom stereocenters. The minimum atomic E-state index is 0.247. The summed E-state index contributed by atoms with van der Waals surface area (Å²) in [5.41, 5.74) is 2.08. The average Bonchev–Trinajstić information content (AvgIpc) is 3.33. The van der Waals surface area contributed by atoms with Crippen LogP contribution in [-0.2, 0) is 22.6 Å². The monoisotopic (exact) mass is 428 g/mol. The minimum absolute atomic E-state index is 0.247. The minimum Gasteiger partial charge on any atom is -0.497 e. The molecule has 8 nitrogen and oxygen atoms in total. The Morgan fingerprint density at radius 1 is 1.10 bits per heavy atom. The second-order valence-electron chi connectivity index (χ2n) is 7.93. The summed E-state index contributed by atoms with van der Waals surface area (Å²) in [6, 6.07) is 7.92. The molecule has 1 atom stereocenters. The second kappa shape index (κ2) is 10.7. The molecule has 4 rings (SSSR count). The summed E-state index contributed by atoms with van der Waals surface area (Å²) in [6.07, 6.45) is 4.31. The number of hydrogen-bond acceptors (Lipinski definition) is 8. The van der Waals surface area contributed by atoms with Gasteiger partial charge in [0.25, 0.3) is 0 Å². The lowest BCUT2D eigenvalue weighted by Gasteiger charge is -2.28. The van der Waals surface area contributed by atoms with Crippen LogP contribution in [0.4, 0.5) is 5.95 Å². The molecule has 3 heterocycles. The fourth-order valence-electron chi connectivity index (χ4n) is 4.13. The van der Waals surface area contributed by atoms with E-state index in [1.165, 1.54) is 0 Å². The third-order valence-electron chi connectivity index (χ3n) is 5.75. The molecule has 2 saturated heterocycles. The Morgan fingerprint density at radius 3 is 2.71 bits per heavy atom. The number of hydrogen-bond donors (Lipinski definition) is 0. The highest BCUT2D eigenvalue weighted by atomic mass is 16.5. The average molecular weight is 429 g/mol. The Labute approximate surface area is 184 Å². The molecule has 2 aliphatic rings. The first-order chi connectivity index (χ1) is 15.2. The Hall–Kier alpha value is -2.42. The van der Waals surface area contributed by atoms with Crippen molar-refractivity contribution < 1.29 is 18.9 Å². The van der Waals surface area contributed by atoms with E-state index in [0.717, 1.165) is 74.3 Å². The number of methoxy groups -OCH3 is 2. The van der Waals surface area contributed by atoms with Crippen molar-refractivity contribution in [2.75, 3.05) is 58.6 Å². The lowest BCUT2D eigenvalue weighted by molar-refractivity contribution is 0.0671. The van der Waals surface area contributed by atoms with Crippen LogP contribution in [0.3, 0.4) is 0 Å². The molecular weight excluding hydrogens is 396 g/mol. The van der Waals surface area contributed by atoms with Gasteiger partial charge in [-0.15, -0.1) is 0 Å². The highest BCUT2D eigenvalue weighted by Crippen LogP contribution is 2.27. The van der Waals surface area contributed by atoms with E-state index in [1.54, 1.807) is 14.2 Å². The summed E-state index contributed by atoms with van der Waals surface area (Å²) in [6.45, 7) is 6.20. The first-order valence-corrected chi connectivity index (χ1v) is 10.9. The summed E-state index contributed by atoms with van der Waals surface area (Å²) >= 11 is 0. The van der Waals surface area contributed by atoms with Crippen molar-refractivity contribution in [3.05, 3.63) is 41.7 Å². The van der Waals surface area contributed by atoms with Gasteiger partial charge in [-0.2, -0.15) is 0 Å². The third-order valence-corrected chi connectivity index (χ3v) is 5.75. The molecule has 0 aliphatic carbocycles. The molecule has 2 aromatic rings. The highest BCUT2D eigenvalue weighted by molar-refractivity contribution is 5.40. The molecule has 2 aliphatic heterocycles. The molecule has 0 radical (unpaired) electrons. The molecule has 0 spiro atoms. The molecule has 0 amide bonds. The summed E-state index contributed by atoms with van der Waals surface area (Å²) in [5.74, 6) is 2.45. The van der Waals surface area contributed by atoms with Crippen molar-refractivity contribution in [3.63, 3.8) is 0 Å². The second-order valence-corrected chi connectivity index (χ2v) is 7.93. The van der Waals surface area contributed by atoms with Gasteiger partial charge >= 0.3 is 0 Å². The zero-order chi connectivity index (χ0) is 21.5. The summed E-state index contributed by atoms with van der Waals surface area (Å²) < 4.78 is 22.4. The van der Waals surface area contributed by atoms with Crippen LogP contribution in [0.2, 0.25) is 0 Å². The van der Waals surface area contributed by atoms with Crippen molar-refractivity contribution in [1.82, 2.24) is 14.9 Å². The molecule has 2 fully saturated rings. The van der Waals surface area contributed by atoms with Crippen LogP contribution < -0.4 is 14.4 Å². The van der Waals surface area contributed by atoms with E-state index in [-0.39, 0.29) is 6.10 Å². The topological polar surface area (TPSA) is 69.2 Å². The first-order valence-electron chi connectivity index (χ1n) is 10.9. The van der Waals surface area contributed by atoms with Gasteiger partial charge in [0.2, 0.25) is 5.95 Å². The van der Waals surface area contributed by atoms with Gasteiger partial charge in [0.15, 0.2) is 0 Å². The van der Waals surface area contributed by atoms with E-state index in [0.29, 0.717) is 19.8 Å². The smallest absolute Gasteiger partial charge is 0.225 e. The zero-order valence-corrected chi connectivity index (χ0v) is 18.5. The highest BCUT2D eigenvalue weighted by Gasteiger charge is 2.22. The van der Waals surface area contributed by atoms with Crippen molar-refractivity contribution in [2.24, 2.45) is 0 Å². The number of aromatic nitrogens is 2.